The summed E-state index contributed by atoms with van der Waals surface area (Å²) in [6.07, 6.45) is 8.60. The molecule has 0 saturated heterocycles. The maximum atomic E-state index is 11.2. The lowest BCUT2D eigenvalue weighted by Gasteiger charge is -2.19. The minimum Gasteiger partial charge on any atom is -0.294 e. The van der Waals surface area contributed by atoms with Crippen molar-refractivity contribution in [1.82, 2.24) is 0 Å². The first kappa shape index (κ1) is 9.28. The van der Waals surface area contributed by atoms with Crippen molar-refractivity contribution in [2.45, 2.75) is 38.5 Å². The van der Waals surface area contributed by atoms with Gasteiger partial charge in [-0.05, 0) is 5.92 Å². The van der Waals surface area contributed by atoms with Gasteiger partial charge in [0.25, 0.3) is 0 Å². The second kappa shape index (κ2) is 4.95. The predicted molar refractivity (Wildman–Crippen MR) is 49.9 cm³/mol. The predicted octanol–water partition coefficient (Wildman–Crippen LogP) is 2.87. The van der Waals surface area contributed by atoms with E-state index < -0.39 is 0 Å². The van der Waals surface area contributed by atoms with Crippen LogP contribution in [0.5, 0.6) is 0 Å². The number of allylic oxidation sites excluding steroid dienone is 1. The van der Waals surface area contributed by atoms with E-state index in [1.165, 1.54) is 38.2 Å². The Bertz CT molecular complexity index is 193. The molecule has 0 atom stereocenters. The summed E-state index contributed by atoms with van der Waals surface area (Å²) >= 11 is 0. The second-order valence-electron chi connectivity index (χ2n) is 3.52. The number of hydrogen-bond acceptors (Lipinski definition) is 1. The Morgan fingerprint density at radius 2 is 2.08 bits per heavy atom. The summed E-state index contributed by atoms with van der Waals surface area (Å²) in [4.78, 5) is 11.2. The van der Waals surface area contributed by atoms with E-state index in [0.29, 0.717) is 12.3 Å². The molecule has 0 amide bonds. The molecule has 1 aliphatic carbocycles. The van der Waals surface area contributed by atoms with Crippen LogP contribution in [0.2, 0.25) is 0 Å². The number of hydrogen-bond donors (Lipinski definition) is 0. The van der Waals surface area contributed by atoms with E-state index in [0.717, 1.165) is 0 Å². The van der Waals surface area contributed by atoms with Crippen LogP contribution in [0.1, 0.15) is 38.5 Å². The molecule has 1 nitrogen and oxygen atoms in total. The maximum Gasteiger partial charge on any atom is 0.163 e. The van der Waals surface area contributed by atoms with Crippen LogP contribution in [0.3, 0.4) is 0 Å². The van der Waals surface area contributed by atoms with Gasteiger partial charge in [0.15, 0.2) is 5.78 Å². The summed E-state index contributed by atoms with van der Waals surface area (Å²) < 4.78 is 0. The van der Waals surface area contributed by atoms with Crippen LogP contribution >= 0.6 is 0 Å². The molecule has 66 valence electrons. The van der Waals surface area contributed by atoms with Crippen LogP contribution < -0.4 is 0 Å². The van der Waals surface area contributed by atoms with Crippen molar-refractivity contribution < 1.29 is 4.79 Å². The monoisotopic (exact) mass is 164 g/mol. The third-order valence-corrected chi connectivity index (χ3v) is 2.48. The van der Waals surface area contributed by atoms with Gasteiger partial charge in [-0.2, -0.15) is 0 Å². The Morgan fingerprint density at radius 3 is 2.67 bits per heavy atom. The highest BCUT2D eigenvalue weighted by Gasteiger charge is 2.15. The maximum absolute atomic E-state index is 11.2. The van der Waals surface area contributed by atoms with Crippen LogP contribution in [0.15, 0.2) is 18.4 Å². The molecule has 0 aromatic heterocycles. The average Bonchev–Trinajstić information content (AvgIpc) is 2.06. The van der Waals surface area contributed by atoms with Crippen molar-refractivity contribution >= 4 is 5.78 Å². The van der Waals surface area contributed by atoms with E-state index in [1.54, 1.807) is 0 Å². The molecule has 1 heteroatoms. The van der Waals surface area contributed by atoms with Crippen molar-refractivity contribution in [3.8, 4) is 0 Å². The fraction of sp³-hybridized carbons (Fsp3) is 0.636. The summed E-state index contributed by atoms with van der Waals surface area (Å²) in [5.41, 5.74) is 2.53. The van der Waals surface area contributed by atoms with Crippen LogP contribution in [-0.4, -0.2) is 5.78 Å². The largest absolute Gasteiger partial charge is 0.294 e. The van der Waals surface area contributed by atoms with Crippen molar-refractivity contribution in [3.05, 3.63) is 18.4 Å². The number of ketones is 1. The molecule has 0 N–H and O–H groups in total. The third-order valence-electron chi connectivity index (χ3n) is 2.48. The molecular formula is C11H16O. The first-order valence-electron chi connectivity index (χ1n) is 4.71. The molecule has 0 heterocycles. The number of carbonyl (C=O) groups excluding carboxylic acids is 1. The van der Waals surface area contributed by atoms with Crippen molar-refractivity contribution in [1.29, 1.82) is 0 Å². The zero-order valence-electron chi connectivity index (χ0n) is 7.51. The fourth-order valence-electron chi connectivity index (χ4n) is 1.85. The van der Waals surface area contributed by atoms with Gasteiger partial charge in [-0.1, -0.05) is 38.7 Å². The normalized spacial score (nSPS) is 18.3. The quantitative estimate of drug-likeness (QED) is 0.463. The lowest BCUT2D eigenvalue weighted by Crippen LogP contribution is -2.10. The van der Waals surface area contributed by atoms with Crippen LogP contribution in [0.25, 0.3) is 0 Å². The Morgan fingerprint density at radius 1 is 1.42 bits per heavy atom. The van der Waals surface area contributed by atoms with E-state index in [1.807, 2.05) is 0 Å². The third kappa shape index (κ3) is 3.06. The Hall–Kier alpha value is -0.810. The molecule has 0 aromatic carbocycles. The molecule has 0 aliphatic heterocycles. The van der Waals surface area contributed by atoms with Gasteiger partial charge in [-0.15, -0.1) is 5.73 Å². The molecule has 0 bridgehead atoms. The van der Waals surface area contributed by atoms with Gasteiger partial charge >= 0.3 is 0 Å². The molecule has 1 rings (SSSR count). The summed E-state index contributed by atoms with van der Waals surface area (Å²) in [5.74, 6) is 0.827. The molecule has 1 saturated carbocycles. The molecular weight excluding hydrogens is 148 g/mol. The molecule has 1 aliphatic rings. The molecule has 0 spiro atoms. The minimum absolute atomic E-state index is 0.192. The standard InChI is InChI=1S/C11H16O/c1-2-6-11(12)9-10-7-4-3-5-8-10/h6,10H,1,3-5,7-9H2. The summed E-state index contributed by atoms with van der Waals surface area (Å²) in [7, 11) is 0. The Labute approximate surface area is 74.2 Å². The fourth-order valence-corrected chi connectivity index (χ4v) is 1.85. The van der Waals surface area contributed by atoms with E-state index in [4.69, 9.17) is 0 Å². The average molecular weight is 164 g/mol. The first-order chi connectivity index (χ1) is 5.83. The van der Waals surface area contributed by atoms with Gasteiger partial charge in [0.05, 0.1) is 0 Å². The topological polar surface area (TPSA) is 17.1 Å². The zero-order chi connectivity index (χ0) is 8.81. The highest BCUT2D eigenvalue weighted by Crippen LogP contribution is 2.26. The first-order valence-corrected chi connectivity index (χ1v) is 4.71. The highest BCUT2D eigenvalue weighted by atomic mass is 16.1. The van der Waals surface area contributed by atoms with Crippen LogP contribution in [0.4, 0.5) is 0 Å². The van der Waals surface area contributed by atoms with E-state index in [2.05, 4.69) is 12.3 Å². The number of carbonyl (C=O) groups is 1. The van der Waals surface area contributed by atoms with E-state index in [9.17, 15) is 4.79 Å². The van der Waals surface area contributed by atoms with Crippen LogP contribution in [-0.2, 0) is 4.79 Å². The molecule has 0 radical (unpaired) electrons. The Kier molecular flexibility index (Phi) is 3.83. The lowest BCUT2D eigenvalue weighted by atomic mass is 9.86. The highest BCUT2D eigenvalue weighted by molar-refractivity contribution is 5.89. The lowest BCUT2D eigenvalue weighted by molar-refractivity contribution is -0.115. The van der Waals surface area contributed by atoms with Gasteiger partial charge in [-0.3, -0.25) is 4.79 Å². The van der Waals surface area contributed by atoms with Crippen molar-refractivity contribution in [2.24, 2.45) is 5.92 Å². The van der Waals surface area contributed by atoms with Crippen molar-refractivity contribution in [3.63, 3.8) is 0 Å². The van der Waals surface area contributed by atoms with E-state index >= 15 is 0 Å². The molecule has 1 fully saturated rings. The van der Waals surface area contributed by atoms with E-state index in [-0.39, 0.29) is 5.78 Å². The van der Waals surface area contributed by atoms with Gasteiger partial charge in [0.1, 0.15) is 0 Å². The number of rotatable bonds is 3. The molecule has 0 unspecified atom stereocenters. The van der Waals surface area contributed by atoms with Crippen LogP contribution in [0, 0.1) is 5.92 Å². The van der Waals surface area contributed by atoms with Gasteiger partial charge < -0.3 is 0 Å². The van der Waals surface area contributed by atoms with Crippen molar-refractivity contribution in [2.75, 3.05) is 0 Å². The summed E-state index contributed by atoms with van der Waals surface area (Å²) in [6, 6.07) is 0. The summed E-state index contributed by atoms with van der Waals surface area (Å²) in [5, 5.41) is 0. The second-order valence-corrected chi connectivity index (χ2v) is 3.52. The zero-order valence-corrected chi connectivity index (χ0v) is 7.51. The summed E-state index contributed by atoms with van der Waals surface area (Å²) in [6.45, 7) is 3.39. The Balaban J connectivity index is 2.29. The van der Waals surface area contributed by atoms with Gasteiger partial charge in [0, 0.05) is 12.5 Å². The molecule has 0 aromatic rings. The smallest absolute Gasteiger partial charge is 0.163 e. The molecule has 12 heavy (non-hydrogen) atoms. The van der Waals surface area contributed by atoms with Gasteiger partial charge in [-0.25, -0.2) is 0 Å². The van der Waals surface area contributed by atoms with Gasteiger partial charge in [0.2, 0.25) is 0 Å². The SMILES string of the molecule is C=C=CC(=O)CC1CCCCC1. The minimum atomic E-state index is 0.192.